The van der Waals surface area contributed by atoms with Crippen LogP contribution in [0.25, 0.3) is 0 Å². The highest BCUT2D eigenvalue weighted by molar-refractivity contribution is 6.32. The summed E-state index contributed by atoms with van der Waals surface area (Å²) >= 11 is 0. The van der Waals surface area contributed by atoms with Gasteiger partial charge in [-0.25, -0.2) is 4.79 Å². The lowest BCUT2D eigenvalue weighted by Crippen LogP contribution is -2.06. The Morgan fingerprint density at radius 3 is 2.60 bits per heavy atom. The standard InChI is InChI=1S/C15H14BNO3/c1-20-15(19)13-8-12(6-7-14(13)18)17-9-10-2-4-11(16)5-3-10/h2-8,17-18H,9H2,1H3. The number of phenolic OH excluding ortho intramolecular Hbond substituents is 1. The molecule has 0 saturated heterocycles. The summed E-state index contributed by atoms with van der Waals surface area (Å²) in [5, 5.41) is 12.8. The van der Waals surface area contributed by atoms with Gasteiger partial charge in [0.25, 0.3) is 0 Å². The summed E-state index contributed by atoms with van der Waals surface area (Å²) in [6, 6.07) is 12.2. The molecule has 0 atom stereocenters. The second kappa shape index (κ2) is 6.15. The first-order valence-corrected chi connectivity index (χ1v) is 6.10. The molecular weight excluding hydrogens is 253 g/mol. The first kappa shape index (κ1) is 14.0. The lowest BCUT2D eigenvalue weighted by molar-refractivity contribution is 0.0597. The quantitative estimate of drug-likeness (QED) is 0.501. The van der Waals surface area contributed by atoms with Crippen molar-refractivity contribution in [3.05, 3.63) is 53.6 Å². The van der Waals surface area contributed by atoms with Gasteiger partial charge in [-0.05, 0) is 23.8 Å². The van der Waals surface area contributed by atoms with Gasteiger partial charge in [0.1, 0.15) is 19.2 Å². The fourth-order valence-electron chi connectivity index (χ4n) is 1.76. The first-order chi connectivity index (χ1) is 9.60. The average molecular weight is 267 g/mol. The Bertz CT molecular complexity index is 611. The van der Waals surface area contributed by atoms with E-state index < -0.39 is 5.97 Å². The first-order valence-electron chi connectivity index (χ1n) is 6.10. The molecule has 0 aliphatic heterocycles. The molecule has 0 aromatic heterocycles. The maximum Gasteiger partial charge on any atom is 0.341 e. The number of aromatic hydroxyl groups is 1. The Balaban J connectivity index is 2.10. The van der Waals surface area contributed by atoms with Gasteiger partial charge >= 0.3 is 5.97 Å². The molecular formula is C15H14BNO3. The number of methoxy groups -OCH3 is 1. The van der Waals surface area contributed by atoms with Crippen LogP contribution in [0.2, 0.25) is 0 Å². The highest BCUT2D eigenvalue weighted by Crippen LogP contribution is 2.22. The van der Waals surface area contributed by atoms with Crippen LogP contribution in [0, 0.1) is 0 Å². The van der Waals surface area contributed by atoms with E-state index in [2.05, 4.69) is 10.1 Å². The predicted octanol–water partition coefficient (Wildman–Crippen LogP) is 1.58. The maximum absolute atomic E-state index is 11.5. The maximum atomic E-state index is 11.5. The number of hydrogen-bond acceptors (Lipinski definition) is 4. The minimum absolute atomic E-state index is 0.102. The number of hydrogen-bond donors (Lipinski definition) is 2. The van der Waals surface area contributed by atoms with Crippen LogP contribution in [-0.4, -0.2) is 26.0 Å². The number of benzene rings is 2. The zero-order valence-corrected chi connectivity index (χ0v) is 11.1. The molecule has 0 fully saturated rings. The molecule has 20 heavy (non-hydrogen) atoms. The molecule has 0 spiro atoms. The van der Waals surface area contributed by atoms with Crippen molar-refractivity contribution in [2.24, 2.45) is 0 Å². The number of carbonyl (C=O) groups excluding carboxylic acids is 1. The number of nitrogens with one attached hydrogen (secondary N) is 1. The zero-order chi connectivity index (χ0) is 14.5. The van der Waals surface area contributed by atoms with E-state index in [1.54, 1.807) is 12.1 Å². The van der Waals surface area contributed by atoms with Crippen molar-refractivity contribution in [2.75, 3.05) is 12.4 Å². The van der Waals surface area contributed by atoms with Gasteiger partial charge < -0.3 is 15.2 Å². The van der Waals surface area contributed by atoms with Crippen molar-refractivity contribution in [3.63, 3.8) is 0 Å². The van der Waals surface area contributed by atoms with Crippen LogP contribution in [0.15, 0.2) is 42.5 Å². The van der Waals surface area contributed by atoms with E-state index >= 15 is 0 Å². The molecule has 0 bridgehead atoms. The van der Waals surface area contributed by atoms with Gasteiger partial charge in [0, 0.05) is 12.2 Å². The van der Waals surface area contributed by atoms with E-state index in [9.17, 15) is 9.90 Å². The Morgan fingerprint density at radius 2 is 1.95 bits per heavy atom. The lowest BCUT2D eigenvalue weighted by atomic mass is 9.95. The fourth-order valence-corrected chi connectivity index (χ4v) is 1.76. The Labute approximate surface area is 118 Å². The van der Waals surface area contributed by atoms with E-state index in [1.165, 1.54) is 13.2 Å². The van der Waals surface area contributed by atoms with Gasteiger partial charge in [0.15, 0.2) is 0 Å². The Kier molecular flexibility index (Phi) is 4.30. The molecule has 0 aliphatic carbocycles. The molecule has 4 nitrogen and oxygen atoms in total. The van der Waals surface area contributed by atoms with Gasteiger partial charge in [-0.1, -0.05) is 29.7 Å². The van der Waals surface area contributed by atoms with Crippen molar-refractivity contribution < 1.29 is 14.6 Å². The zero-order valence-electron chi connectivity index (χ0n) is 11.1. The third kappa shape index (κ3) is 3.32. The molecule has 0 aliphatic rings. The third-order valence-electron chi connectivity index (χ3n) is 2.88. The van der Waals surface area contributed by atoms with Gasteiger partial charge in [-0.3, -0.25) is 0 Å². The highest BCUT2D eigenvalue weighted by atomic mass is 16.5. The average Bonchev–Trinajstić information content (AvgIpc) is 2.47. The number of esters is 1. The van der Waals surface area contributed by atoms with Crippen molar-refractivity contribution >= 4 is 25.0 Å². The molecule has 5 heteroatoms. The third-order valence-corrected chi connectivity index (χ3v) is 2.88. The predicted molar refractivity (Wildman–Crippen MR) is 78.6 cm³/mol. The highest BCUT2D eigenvalue weighted by Gasteiger charge is 2.11. The summed E-state index contributed by atoms with van der Waals surface area (Å²) in [7, 11) is 6.89. The number of phenols is 1. The number of anilines is 1. The lowest BCUT2D eigenvalue weighted by Gasteiger charge is -2.09. The second-order valence-corrected chi connectivity index (χ2v) is 4.32. The summed E-state index contributed by atoms with van der Waals surface area (Å²) < 4.78 is 4.61. The summed E-state index contributed by atoms with van der Waals surface area (Å²) in [6.45, 7) is 0.589. The van der Waals surface area contributed by atoms with Crippen molar-refractivity contribution in [1.29, 1.82) is 0 Å². The summed E-state index contributed by atoms with van der Waals surface area (Å²) in [6.07, 6.45) is 0. The van der Waals surface area contributed by atoms with Gasteiger partial charge in [0.05, 0.1) is 7.11 Å². The fraction of sp³-hybridized carbons (Fsp3) is 0.133. The molecule has 2 rings (SSSR count). The molecule has 0 heterocycles. The van der Waals surface area contributed by atoms with Crippen molar-refractivity contribution in [1.82, 2.24) is 0 Å². The molecule has 100 valence electrons. The van der Waals surface area contributed by atoms with E-state index in [0.717, 1.165) is 11.3 Å². The van der Waals surface area contributed by atoms with Crippen LogP contribution in [0.3, 0.4) is 0 Å². The molecule has 2 N–H and O–H groups in total. The van der Waals surface area contributed by atoms with Crippen LogP contribution in [0.4, 0.5) is 5.69 Å². The summed E-state index contributed by atoms with van der Waals surface area (Å²) in [5.74, 6) is -0.673. The molecule has 0 unspecified atom stereocenters. The molecule has 2 radical (unpaired) electrons. The SMILES string of the molecule is [B]c1ccc(CNc2ccc(O)c(C(=O)OC)c2)cc1. The van der Waals surface area contributed by atoms with Crippen LogP contribution < -0.4 is 10.8 Å². The largest absolute Gasteiger partial charge is 0.507 e. The monoisotopic (exact) mass is 267 g/mol. The Hall–Kier alpha value is -2.43. The van der Waals surface area contributed by atoms with Crippen LogP contribution >= 0.6 is 0 Å². The van der Waals surface area contributed by atoms with E-state index in [1.807, 2.05) is 24.3 Å². The molecule has 2 aromatic rings. The van der Waals surface area contributed by atoms with Crippen molar-refractivity contribution in [3.8, 4) is 5.75 Å². The molecule has 0 saturated carbocycles. The van der Waals surface area contributed by atoms with Gasteiger partial charge in [-0.15, -0.1) is 0 Å². The van der Waals surface area contributed by atoms with E-state index in [0.29, 0.717) is 12.0 Å². The van der Waals surface area contributed by atoms with Crippen molar-refractivity contribution in [2.45, 2.75) is 6.54 Å². The smallest absolute Gasteiger partial charge is 0.341 e. The number of carbonyl (C=O) groups is 1. The molecule has 2 aromatic carbocycles. The summed E-state index contributed by atoms with van der Waals surface area (Å²) in [4.78, 5) is 11.5. The van der Waals surface area contributed by atoms with Gasteiger partial charge in [0.2, 0.25) is 0 Å². The van der Waals surface area contributed by atoms with Crippen LogP contribution in [0.1, 0.15) is 15.9 Å². The minimum atomic E-state index is -0.571. The molecule has 0 amide bonds. The number of ether oxygens (including phenoxy) is 1. The minimum Gasteiger partial charge on any atom is -0.507 e. The van der Waals surface area contributed by atoms with Crippen LogP contribution in [-0.2, 0) is 11.3 Å². The summed E-state index contributed by atoms with van der Waals surface area (Å²) in [5.41, 5.74) is 2.63. The Morgan fingerprint density at radius 1 is 1.25 bits per heavy atom. The van der Waals surface area contributed by atoms with E-state index in [4.69, 9.17) is 7.85 Å². The normalized spacial score (nSPS) is 10.1. The van der Waals surface area contributed by atoms with Crippen LogP contribution in [0.5, 0.6) is 5.75 Å². The topological polar surface area (TPSA) is 58.6 Å². The van der Waals surface area contributed by atoms with E-state index in [-0.39, 0.29) is 11.3 Å². The second-order valence-electron chi connectivity index (χ2n) is 4.32. The number of rotatable bonds is 4. The van der Waals surface area contributed by atoms with Gasteiger partial charge in [-0.2, -0.15) is 0 Å².